The first-order valence-electron chi connectivity index (χ1n) is 30.9. The van der Waals surface area contributed by atoms with Gasteiger partial charge in [0.05, 0.1) is 25.4 Å². The number of carbonyl (C=O) groups is 1. The van der Waals surface area contributed by atoms with Crippen molar-refractivity contribution in [2.24, 2.45) is 0 Å². The Balaban J connectivity index is 1.99. The van der Waals surface area contributed by atoms with Crippen molar-refractivity contribution in [3.05, 3.63) is 12.2 Å². The van der Waals surface area contributed by atoms with Crippen LogP contribution in [0.2, 0.25) is 0 Å². The highest BCUT2D eigenvalue weighted by Gasteiger charge is 2.44. The van der Waals surface area contributed by atoms with Crippen LogP contribution in [-0.4, -0.2) is 87.5 Å². The van der Waals surface area contributed by atoms with E-state index in [4.69, 9.17) is 9.47 Å². The summed E-state index contributed by atoms with van der Waals surface area (Å²) in [5.74, 6) is -0.139. The van der Waals surface area contributed by atoms with Crippen LogP contribution in [0, 0.1) is 0 Å². The summed E-state index contributed by atoms with van der Waals surface area (Å²) in [5, 5.41) is 54.5. The number of ether oxygens (including phenoxy) is 2. The molecule has 0 aromatic carbocycles. The van der Waals surface area contributed by atoms with Gasteiger partial charge >= 0.3 is 0 Å². The fourth-order valence-electron chi connectivity index (χ4n) is 10.2. The molecule has 6 N–H and O–H groups in total. The topological polar surface area (TPSA) is 149 Å². The number of aliphatic hydroxyl groups is 5. The number of unbranched alkanes of at least 4 members (excludes halogenated alkanes) is 42. The molecule has 1 saturated heterocycles. The maximum Gasteiger partial charge on any atom is 0.220 e. The third-order valence-corrected chi connectivity index (χ3v) is 15.1. The van der Waals surface area contributed by atoms with Crippen LogP contribution >= 0.6 is 0 Å². The highest BCUT2D eigenvalue weighted by molar-refractivity contribution is 5.76. The lowest BCUT2D eigenvalue weighted by molar-refractivity contribution is -0.302. The summed E-state index contributed by atoms with van der Waals surface area (Å²) < 4.78 is 11.3. The lowest BCUT2D eigenvalue weighted by Crippen LogP contribution is -2.60. The van der Waals surface area contributed by atoms with Gasteiger partial charge in [-0.15, -0.1) is 0 Å². The van der Waals surface area contributed by atoms with E-state index in [1.807, 2.05) is 0 Å². The molecule has 1 aliphatic rings. The molecule has 0 saturated carbocycles. The molecule has 0 bridgehead atoms. The second-order valence-electron chi connectivity index (χ2n) is 21.9. The molecule has 1 rings (SSSR count). The van der Waals surface area contributed by atoms with Crippen LogP contribution in [-0.2, 0) is 14.3 Å². The molecule has 1 amide bonds. The largest absolute Gasteiger partial charge is 0.394 e. The Kier molecular flexibility index (Phi) is 49.2. The van der Waals surface area contributed by atoms with E-state index in [1.165, 1.54) is 250 Å². The molecule has 9 heteroatoms. The van der Waals surface area contributed by atoms with Crippen molar-refractivity contribution in [1.82, 2.24) is 5.32 Å². The number of hydrogen-bond donors (Lipinski definition) is 6. The first-order chi connectivity index (χ1) is 34.3. The van der Waals surface area contributed by atoms with Crippen molar-refractivity contribution in [3.63, 3.8) is 0 Å². The van der Waals surface area contributed by atoms with Gasteiger partial charge in [0.15, 0.2) is 6.29 Å². The second kappa shape index (κ2) is 51.4. The molecule has 70 heavy (non-hydrogen) atoms. The van der Waals surface area contributed by atoms with Crippen LogP contribution in [0.15, 0.2) is 12.2 Å². The molecule has 0 spiro atoms. The molecule has 1 fully saturated rings. The summed E-state index contributed by atoms with van der Waals surface area (Å²) >= 11 is 0. The van der Waals surface area contributed by atoms with Gasteiger partial charge in [-0.3, -0.25) is 4.79 Å². The van der Waals surface area contributed by atoms with Gasteiger partial charge in [0.25, 0.3) is 0 Å². The Morgan fingerprint density at radius 1 is 0.471 bits per heavy atom. The van der Waals surface area contributed by atoms with Crippen molar-refractivity contribution in [2.45, 2.75) is 358 Å². The van der Waals surface area contributed by atoms with Gasteiger partial charge in [0, 0.05) is 6.42 Å². The molecule has 9 nitrogen and oxygen atoms in total. The molecule has 0 aliphatic carbocycles. The Hall–Kier alpha value is -1.07. The van der Waals surface area contributed by atoms with E-state index in [0.29, 0.717) is 12.8 Å². The second-order valence-corrected chi connectivity index (χ2v) is 21.9. The van der Waals surface area contributed by atoms with Crippen molar-refractivity contribution < 1.29 is 39.8 Å². The minimum absolute atomic E-state index is 0.133. The summed E-state index contributed by atoms with van der Waals surface area (Å²) in [4.78, 5) is 13.0. The van der Waals surface area contributed by atoms with Crippen molar-refractivity contribution in [2.75, 3.05) is 13.2 Å². The lowest BCUT2D eigenvalue weighted by Gasteiger charge is -2.40. The zero-order valence-corrected chi connectivity index (χ0v) is 46.3. The number of aliphatic hydroxyl groups excluding tert-OH is 5. The highest BCUT2D eigenvalue weighted by Crippen LogP contribution is 2.23. The van der Waals surface area contributed by atoms with Crippen LogP contribution in [0.3, 0.4) is 0 Å². The summed E-state index contributed by atoms with van der Waals surface area (Å²) in [6.45, 7) is 3.85. The van der Waals surface area contributed by atoms with Gasteiger partial charge in [0.2, 0.25) is 5.91 Å². The number of hydrogen-bond acceptors (Lipinski definition) is 8. The van der Waals surface area contributed by atoms with Gasteiger partial charge in [-0.1, -0.05) is 283 Å². The molecule has 1 aliphatic heterocycles. The van der Waals surface area contributed by atoms with E-state index < -0.39 is 49.5 Å². The number of carbonyl (C=O) groups excluding carboxylic acids is 1. The van der Waals surface area contributed by atoms with Crippen LogP contribution in [0.4, 0.5) is 0 Å². The first kappa shape index (κ1) is 66.9. The van der Waals surface area contributed by atoms with E-state index in [9.17, 15) is 30.3 Å². The van der Waals surface area contributed by atoms with Gasteiger partial charge in [-0.2, -0.15) is 0 Å². The van der Waals surface area contributed by atoms with Crippen LogP contribution < -0.4 is 5.32 Å². The smallest absolute Gasteiger partial charge is 0.220 e. The van der Waals surface area contributed by atoms with Gasteiger partial charge in [-0.05, 0) is 38.5 Å². The van der Waals surface area contributed by atoms with Crippen molar-refractivity contribution in [3.8, 4) is 0 Å². The van der Waals surface area contributed by atoms with Crippen molar-refractivity contribution >= 4 is 5.91 Å². The minimum atomic E-state index is -1.55. The molecule has 0 aromatic heterocycles. The Morgan fingerprint density at radius 2 is 0.800 bits per heavy atom. The fraction of sp³-hybridized carbons (Fsp3) is 0.951. The molecule has 7 atom stereocenters. The Bertz CT molecular complexity index is 1110. The SMILES string of the molecule is CCCCCCCCCC/C=C\CCCCCCCCCCCCCCCCCCCCCCCCCCCC(=O)NC(COC1OC(CO)C(O)C(O)C1O)C(O)CCCCCCCCCCCC. The summed E-state index contributed by atoms with van der Waals surface area (Å²) in [6, 6.07) is -0.713. The number of allylic oxidation sites excluding steroid dienone is 2. The average molecular weight is 995 g/mol. The maximum atomic E-state index is 13.0. The van der Waals surface area contributed by atoms with Gasteiger partial charge < -0.3 is 40.3 Å². The predicted octanol–water partition coefficient (Wildman–Crippen LogP) is 15.6. The third-order valence-electron chi connectivity index (χ3n) is 15.1. The summed E-state index contributed by atoms with van der Waals surface area (Å²) in [6.07, 6.45) is 57.2. The molecular weight excluding hydrogens is 875 g/mol. The van der Waals surface area contributed by atoms with Gasteiger partial charge in [-0.25, -0.2) is 0 Å². The average Bonchev–Trinajstić information content (AvgIpc) is 3.36. The zero-order chi connectivity index (χ0) is 50.8. The quantitative estimate of drug-likeness (QED) is 0.0261. The first-order valence-corrected chi connectivity index (χ1v) is 30.9. The number of nitrogens with one attached hydrogen (secondary N) is 1. The monoisotopic (exact) mass is 994 g/mol. The van der Waals surface area contributed by atoms with Crippen LogP contribution in [0.25, 0.3) is 0 Å². The standard InChI is InChI=1S/C61H119NO8/c1-3-5-7-9-11-13-15-16-17-18-19-20-21-22-23-24-25-26-27-28-29-30-31-32-33-34-35-36-37-38-39-40-41-43-45-47-49-51-57(65)62-54(53-69-61-60(68)59(67)58(66)56(52-63)70-61)55(64)50-48-46-44-42-14-12-10-8-6-4-2/h18-19,54-56,58-61,63-64,66-68H,3-17,20-53H2,1-2H3,(H,62,65)/b19-18-. The molecule has 0 radical (unpaired) electrons. The predicted molar refractivity (Wildman–Crippen MR) is 295 cm³/mol. The molecule has 7 unspecified atom stereocenters. The maximum absolute atomic E-state index is 13.0. The van der Waals surface area contributed by atoms with E-state index in [-0.39, 0.29) is 12.5 Å². The third kappa shape index (κ3) is 40.3. The van der Waals surface area contributed by atoms with E-state index in [0.717, 1.165) is 38.5 Å². The van der Waals surface area contributed by atoms with Crippen LogP contribution in [0.1, 0.15) is 316 Å². The molecule has 1 heterocycles. The van der Waals surface area contributed by atoms with Crippen molar-refractivity contribution in [1.29, 1.82) is 0 Å². The minimum Gasteiger partial charge on any atom is -0.394 e. The number of rotatable bonds is 54. The van der Waals surface area contributed by atoms with Crippen LogP contribution in [0.5, 0.6) is 0 Å². The van der Waals surface area contributed by atoms with E-state index in [1.54, 1.807) is 0 Å². The Morgan fingerprint density at radius 3 is 1.16 bits per heavy atom. The van der Waals surface area contributed by atoms with E-state index in [2.05, 4.69) is 31.3 Å². The summed E-state index contributed by atoms with van der Waals surface area (Å²) in [7, 11) is 0. The highest BCUT2D eigenvalue weighted by atomic mass is 16.7. The fourth-order valence-corrected chi connectivity index (χ4v) is 10.2. The Labute approximate surface area is 433 Å². The van der Waals surface area contributed by atoms with E-state index >= 15 is 0 Å². The molecular formula is C61H119NO8. The lowest BCUT2D eigenvalue weighted by atomic mass is 9.99. The molecule has 416 valence electrons. The normalized spacial score (nSPS) is 19.3. The molecule has 0 aromatic rings. The zero-order valence-electron chi connectivity index (χ0n) is 46.3. The van der Waals surface area contributed by atoms with Gasteiger partial charge in [0.1, 0.15) is 24.4 Å². The number of amides is 1. The summed E-state index contributed by atoms with van der Waals surface area (Å²) in [5.41, 5.74) is 0.